The third-order valence-corrected chi connectivity index (χ3v) is 3.16. The average molecular weight is 308 g/mol. The number of aromatic nitrogens is 2. The van der Waals surface area contributed by atoms with Gasteiger partial charge in [-0.1, -0.05) is 23.7 Å². The van der Waals surface area contributed by atoms with Crippen LogP contribution in [-0.4, -0.2) is 30.2 Å². The van der Waals surface area contributed by atoms with Crippen LogP contribution in [0.3, 0.4) is 0 Å². The molecule has 0 saturated carbocycles. The quantitative estimate of drug-likeness (QED) is 0.682. The number of anilines is 4. The zero-order chi connectivity index (χ0) is 15.1. The van der Waals surface area contributed by atoms with Crippen LogP contribution in [0.15, 0.2) is 30.6 Å². The number of halogens is 1. The Morgan fingerprint density at radius 1 is 1.24 bits per heavy atom. The van der Waals surface area contributed by atoms with Crippen LogP contribution in [-0.2, 0) is 4.74 Å². The van der Waals surface area contributed by atoms with Crippen molar-refractivity contribution in [2.24, 2.45) is 0 Å². The third kappa shape index (κ3) is 4.21. The predicted octanol–water partition coefficient (Wildman–Crippen LogP) is 2.90. The van der Waals surface area contributed by atoms with Gasteiger partial charge < -0.3 is 21.1 Å². The summed E-state index contributed by atoms with van der Waals surface area (Å²) in [6.07, 6.45) is 2.32. The van der Waals surface area contributed by atoms with Crippen molar-refractivity contribution in [3.63, 3.8) is 0 Å². The van der Waals surface area contributed by atoms with E-state index in [1.165, 1.54) is 6.33 Å². The van der Waals surface area contributed by atoms with E-state index in [9.17, 15) is 0 Å². The maximum atomic E-state index is 6.11. The fourth-order valence-corrected chi connectivity index (χ4v) is 1.93. The lowest BCUT2D eigenvalue weighted by Gasteiger charge is -2.13. The second kappa shape index (κ2) is 7.66. The van der Waals surface area contributed by atoms with E-state index in [1.54, 1.807) is 13.2 Å². The molecule has 0 bridgehead atoms. The van der Waals surface area contributed by atoms with Gasteiger partial charge in [0.15, 0.2) is 11.6 Å². The molecule has 0 fully saturated rings. The Balaban J connectivity index is 2.09. The number of hydrogen-bond donors (Lipinski definition) is 3. The molecule has 0 saturated heterocycles. The maximum absolute atomic E-state index is 6.11. The molecule has 0 radical (unpaired) electrons. The summed E-state index contributed by atoms with van der Waals surface area (Å²) in [4.78, 5) is 8.29. The number of nitrogens with two attached hydrogens (primary N) is 1. The molecule has 21 heavy (non-hydrogen) atoms. The van der Waals surface area contributed by atoms with Crippen LogP contribution in [0.25, 0.3) is 0 Å². The van der Waals surface area contributed by atoms with Crippen LogP contribution in [0.1, 0.15) is 6.42 Å². The van der Waals surface area contributed by atoms with Crippen LogP contribution in [0, 0.1) is 0 Å². The molecule has 2 aromatic rings. The largest absolute Gasteiger partial charge is 0.393 e. The minimum atomic E-state index is 0.454. The summed E-state index contributed by atoms with van der Waals surface area (Å²) in [6, 6.07) is 7.40. The number of para-hydroxylation sites is 1. The summed E-state index contributed by atoms with van der Waals surface area (Å²) in [7, 11) is 1.67. The highest BCUT2D eigenvalue weighted by Crippen LogP contribution is 2.29. The van der Waals surface area contributed by atoms with Gasteiger partial charge in [0.25, 0.3) is 0 Å². The normalized spacial score (nSPS) is 10.4. The summed E-state index contributed by atoms with van der Waals surface area (Å²) < 4.78 is 4.99. The van der Waals surface area contributed by atoms with Crippen LogP contribution < -0.4 is 16.4 Å². The molecule has 0 atom stereocenters. The van der Waals surface area contributed by atoms with Crippen LogP contribution in [0.5, 0.6) is 0 Å². The minimum Gasteiger partial charge on any atom is -0.393 e. The molecule has 0 aliphatic heterocycles. The fraction of sp³-hybridized carbons (Fsp3) is 0.286. The van der Waals surface area contributed by atoms with Crippen LogP contribution >= 0.6 is 11.6 Å². The molecule has 4 N–H and O–H groups in total. The minimum absolute atomic E-state index is 0.454. The van der Waals surface area contributed by atoms with Gasteiger partial charge in [0.1, 0.15) is 12.0 Å². The highest BCUT2D eigenvalue weighted by molar-refractivity contribution is 6.33. The van der Waals surface area contributed by atoms with Crippen molar-refractivity contribution in [1.82, 2.24) is 9.97 Å². The van der Waals surface area contributed by atoms with Gasteiger partial charge in [-0.15, -0.1) is 0 Å². The van der Waals surface area contributed by atoms with Crippen molar-refractivity contribution in [2.45, 2.75) is 6.42 Å². The number of nitrogen functional groups attached to an aromatic ring is 1. The number of ether oxygens (including phenoxy) is 1. The van der Waals surface area contributed by atoms with Gasteiger partial charge in [-0.25, -0.2) is 9.97 Å². The number of hydrogen-bond acceptors (Lipinski definition) is 6. The van der Waals surface area contributed by atoms with Gasteiger partial charge in [-0.05, 0) is 18.6 Å². The monoisotopic (exact) mass is 307 g/mol. The van der Waals surface area contributed by atoms with Crippen molar-refractivity contribution in [2.75, 3.05) is 36.6 Å². The number of methoxy groups -OCH3 is 1. The second-order valence-corrected chi connectivity index (χ2v) is 4.77. The van der Waals surface area contributed by atoms with E-state index >= 15 is 0 Å². The summed E-state index contributed by atoms with van der Waals surface area (Å²) in [5, 5.41) is 6.87. The third-order valence-electron chi connectivity index (χ3n) is 2.83. The molecule has 1 heterocycles. The first kappa shape index (κ1) is 15.3. The molecule has 6 nitrogen and oxygen atoms in total. The van der Waals surface area contributed by atoms with Crippen molar-refractivity contribution in [1.29, 1.82) is 0 Å². The van der Waals surface area contributed by atoms with Gasteiger partial charge in [0, 0.05) is 20.3 Å². The van der Waals surface area contributed by atoms with Gasteiger partial charge in [-0.2, -0.15) is 0 Å². The summed E-state index contributed by atoms with van der Waals surface area (Å²) in [6.45, 7) is 1.41. The Bertz CT molecular complexity index is 593. The molecule has 7 heteroatoms. The van der Waals surface area contributed by atoms with E-state index < -0.39 is 0 Å². The zero-order valence-corrected chi connectivity index (χ0v) is 12.5. The summed E-state index contributed by atoms with van der Waals surface area (Å²) in [5.41, 5.74) is 7.27. The molecule has 0 spiro atoms. The highest BCUT2D eigenvalue weighted by Gasteiger charge is 2.09. The molecular formula is C14H18ClN5O. The first-order chi connectivity index (χ1) is 10.2. The molecule has 0 amide bonds. The number of nitrogens with zero attached hydrogens (tertiary/aromatic N) is 2. The van der Waals surface area contributed by atoms with Crippen molar-refractivity contribution in [3.8, 4) is 0 Å². The molecule has 1 aromatic heterocycles. The van der Waals surface area contributed by atoms with E-state index in [4.69, 9.17) is 22.1 Å². The van der Waals surface area contributed by atoms with Crippen LogP contribution in [0.4, 0.5) is 23.0 Å². The van der Waals surface area contributed by atoms with E-state index in [0.29, 0.717) is 29.0 Å². The second-order valence-electron chi connectivity index (χ2n) is 4.36. The molecule has 0 unspecified atom stereocenters. The van der Waals surface area contributed by atoms with E-state index in [1.807, 2.05) is 18.2 Å². The molecule has 1 aromatic carbocycles. The number of nitrogens with one attached hydrogen (secondary N) is 2. The van der Waals surface area contributed by atoms with Crippen molar-refractivity contribution >= 4 is 34.6 Å². The predicted molar refractivity (Wildman–Crippen MR) is 86.2 cm³/mol. The highest BCUT2D eigenvalue weighted by atomic mass is 35.5. The molecule has 112 valence electrons. The lowest BCUT2D eigenvalue weighted by Crippen LogP contribution is -2.10. The first-order valence-corrected chi connectivity index (χ1v) is 6.95. The molecule has 0 aliphatic rings. The van der Waals surface area contributed by atoms with E-state index in [2.05, 4.69) is 20.6 Å². The topological polar surface area (TPSA) is 85.1 Å². The van der Waals surface area contributed by atoms with Crippen molar-refractivity contribution < 1.29 is 4.74 Å². The molecule has 0 aliphatic carbocycles. The number of benzene rings is 1. The fourth-order valence-electron chi connectivity index (χ4n) is 1.75. The Morgan fingerprint density at radius 3 is 2.76 bits per heavy atom. The van der Waals surface area contributed by atoms with Gasteiger partial charge in [0.2, 0.25) is 0 Å². The zero-order valence-electron chi connectivity index (χ0n) is 11.8. The molecular weight excluding hydrogens is 290 g/mol. The van der Waals surface area contributed by atoms with Crippen LogP contribution in [0.2, 0.25) is 5.02 Å². The Labute approximate surface area is 128 Å². The SMILES string of the molecule is COCCCNc1ncnc(Nc2ccccc2Cl)c1N. The summed E-state index contributed by atoms with van der Waals surface area (Å²) >= 11 is 6.11. The lowest BCUT2D eigenvalue weighted by atomic mass is 10.3. The molecule has 2 rings (SSSR count). The smallest absolute Gasteiger partial charge is 0.159 e. The lowest BCUT2D eigenvalue weighted by molar-refractivity contribution is 0.198. The Morgan fingerprint density at radius 2 is 2.00 bits per heavy atom. The van der Waals surface area contributed by atoms with Gasteiger partial charge in [-0.3, -0.25) is 0 Å². The van der Waals surface area contributed by atoms with Gasteiger partial charge >= 0.3 is 0 Å². The maximum Gasteiger partial charge on any atom is 0.159 e. The van der Waals surface area contributed by atoms with E-state index in [0.717, 1.165) is 18.7 Å². The first-order valence-electron chi connectivity index (χ1n) is 6.57. The standard InChI is InChI=1S/C14H18ClN5O/c1-21-8-4-7-17-13-12(16)14(19-9-18-13)20-11-6-3-2-5-10(11)15/h2-3,5-6,9H,4,7-8,16H2,1H3,(H2,17,18,19,20). The summed E-state index contributed by atoms with van der Waals surface area (Å²) in [5.74, 6) is 1.11. The Hall–Kier alpha value is -2.05. The average Bonchev–Trinajstić information content (AvgIpc) is 2.49. The van der Waals surface area contributed by atoms with Crippen molar-refractivity contribution in [3.05, 3.63) is 35.6 Å². The number of rotatable bonds is 7. The Kier molecular flexibility index (Phi) is 5.59. The van der Waals surface area contributed by atoms with E-state index in [-0.39, 0.29) is 0 Å². The van der Waals surface area contributed by atoms with Gasteiger partial charge in [0.05, 0.1) is 10.7 Å².